The third kappa shape index (κ3) is 5.90. The second-order valence-electron chi connectivity index (χ2n) is 13.8. The molecule has 0 heteroatoms. The van der Waals surface area contributed by atoms with Gasteiger partial charge in [0, 0.05) is 0 Å². The van der Waals surface area contributed by atoms with E-state index in [1.165, 1.54) is 66.8 Å². The first kappa shape index (κ1) is 29.4. The molecule has 0 unspecified atom stereocenters. The number of benzene rings is 6. The highest BCUT2D eigenvalue weighted by Gasteiger charge is 2.24. The van der Waals surface area contributed by atoms with Gasteiger partial charge in [0.15, 0.2) is 0 Å². The molecule has 0 saturated carbocycles. The standard InChI is InChI=1S/C44H42/c1-43(2,3)36-26-22-32(23-27-36)39-30-38(31-16-10-7-11-17-31)41(35-24-28-37(29-25-35)44(4,5)6)42(34-20-14-9-15-21-34)40(39)33-18-12-8-13-19-33/h7-30H,1-6H3. The van der Waals surface area contributed by atoms with E-state index < -0.39 is 0 Å². The van der Waals surface area contributed by atoms with Gasteiger partial charge in [0.2, 0.25) is 0 Å². The fourth-order valence-corrected chi connectivity index (χ4v) is 6.14. The molecule has 6 aromatic carbocycles. The topological polar surface area (TPSA) is 0 Å². The van der Waals surface area contributed by atoms with Crippen molar-refractivity contribution in [3.63, 3.8) is 0 Å². The monoisotopic (exact) mass is 570 g/mol. The van der Waals surface area contributed by atoms with Gasteiger partial charge in [0.05, 0.1) is 0 Å². The molecule has 218 valence electrons. The van der Waals surface area contributed by atoms with Crippen LogP contribution in [0.3, 0.4) is 0 Å². The SMILES string of the molecule is CC(C)(C)c1ccc(-c2cc(-c3ccccc3)c(-c3ccc(C(C)(C)C)cc3)c(-c3ccccc3)c2-c2ccccc2)cc1. The maximum Gasteiger partial charge on any atom is -0.00143 e. The average Bonchev–Trinajstić information content (AvgIpc) is 3.04. The van der Waals surface area contributed by atoms with E-state index in [1.54, 1.807) is 0 Å². The molecule has 44 heavy (non-hydrogen) atoms. The largest absolute Gasteiger partial charge is 0.0622 e. The molecule has 0 bridgehead atoms. The first-order valence-corrected chi connectivity index (χ1v) is 15.7. The van der Waals surface area contributed by atoms with Crippen molar-refractivity contribution in [3.8, 4) is 55.6 Å². The van der Waals surface area contributed by atoms with Gasteiger partial charge in [0.1, 0.15) is 0 Å². The summed E-state index contributed by atoms with van der Waals surface area (Å²) in [5.41, 5.74) is 15.2. The van der Waals surface area contributed by atoms with Gasteiger partial charge >= 0.3 is 0 Å². The summed E-state index contributed by atoms with van der Waals surface area (Å²) in [4.78, 5) is 0. The molecule has 6 aromatic rings. The van der Waals surface area contributed by atoms with Crippen molar-refractivity contribution in [2.45, 2.75) is 52.4 Å². The number of hydrogen-bond donors (Lipinski definition) is 0. The summed E-state index contributed by atoms with van der Waals surface area (Å²) in [7, 11) is 0. The summed E-state index contributed by atoms with van der Waals surface area (Å²) >= 11 is 0. The van der Waals surface area contributed by atoms with Crippen molar-refractivity contribution in [2.24, 2.45) is 0 Å². The fourth-order valence-electron chi connectivity index (χ4n) is 6.14. The van der Waals surface area contributed by atoms with Gasteiger partial charge in [0.25, 0.3) is 0 Å². The minimum atomic E-state index is 0.0846. The Labute approximate surface area is 264 Å². The molecule has 0 N–H and O–H groups in total. The summed E-state index contributed by atoms with van der Waals surface area (Å²) in [6, 6.07) is 53.6. The molecule has 0 atom stereocenters. The predicted octanol–water partition coefficient (Wildman–Crippen LogP) is 12.6. The van der Waals surface area contributed by atoms with Crippen molar-refractivity contribution in [3.05, 3.63) is 157 Å². The van der Waals surface area contributed by atoms with Gasteiger partial charge < -0.3 is 0 Å². The fraction of sp³-hybridized carbons (Fsp3) is 0.182. The summed E-state index contributed by atoms with van der Waals surface area (Å²) in [5.74, 6) is 0. The number of hydrogen-bond acceptors (Lipinski definition) is 0. The summed E-state index contributed by atoms with van der Waals surface area (Å²) in [6.07, 6.45) is 0. The molecule has 0 amide bonds. The van der Waals surface area contributed by atoms with Crippen molar-refractivity contribution >= 4 is 0 Å². The van der Waals surface area contributed by atoms with Crippen LogP contribution in [0.25, 0.3) is 55.6 Å². The van der Waals surface area contributed by atoms with Crippen LogP contribution >= 0.6 is 0 Å². The van der Waals surface area contributed by atoms with Crippen LogP contribution in [0.1, 0.15) is 52.7 Å². The van der Waals surface area contributed by atoms with Crippen LogP contribution in [0, 0.1) is 0 Å². The van der Waals surface area contributed by atoms with Gasteiger partial charge in [-0.05, 0) is 83.7 Å². The molecule has 0 aromatic heterocycles. The summed E-state index contributed by atoms with van der Waals surface area (Å²) in [6.45, 7) is 13.7. The Morgan fingerprint density at radius 2 is 0.591 bits per heavy atom. The van der Waals surface area contributed by atoms with E-state index >= 15 is 0 Å². The van der Waals surface area contributed by atoms with Crippen molar-refractivity contribution in [2.75, 3.05) is 0 Å². The molecule has 0 aliphatic carbocycles. The molecule has 6 rings (SSSR count). The summed E-state index contributed by atoms with van der Waals surface area (Å²) < 4.78 is 0. The Kier molecular flexibility index (Phi) is 7.87. The lowest BCUT2D eigenvalue weighted by Gasteiger charge is -2.26. The third-order valence-corrected chi connectivity index (χ3v) is 8.64. The molecule has 0 aliphatic heterocycles. The van der Waals surface area contributed by atoms with Crippen LogP contribution < -0.4 is 0 Å². The minimum Gasteiger partial charge on any atom is -0.0622 e. The Hall–Kier alpha value is -4.68. The van der Waals surface area contributed by atoms with Gasteiger partial charge in [-0.25, -0.2) is 0 Å². The van der Waals surface area contributed by atoms with Gasteiger partial charge in [-0.3, -0.25) is 0 Å². The highest BCUT2D eigenvalue weighted by Crippen LogP contribution is 2.50. The normalized spacial score (nSPS) is 11.9. The second kappa shape index (κ2) is 11.8. The van der Waals surface area contributed by atoms with E-state index in [4.69, 9.17) is 0 Å². The van der Waals surface area contributed by atoms with Crippen LogP contribution in [0.4, 0.5) is 0 Å². The van der Waals surface area contributed by atoms with Crippen molar-refractivity contribution < 1.29 is 0 Å². The lowest BCUT2D eigenvalue weighted by molar-refractivity contribution is 0.590. The van der Waals surface area contributed by atoms with Crippen LogP contribution in [-0.4, -0.2) is 0 Å². The highest BCUT2D eigenvalue weighted by molar-refractivity contribution is 6.07. The maximum absolute atomic E-state index is 2.43. The van der Waals surface area contributed by atoms with E-state index in [1.807, 2.05) is 0 Å². The molecule has 0 radical (unpaired) electrons. The first-order valence-electron chi connectivity index (χ1n) is 15.7. The molecule has 0 saturated heterocycles. The van der Waals surface area contributed by atoms with E-state index in [2.05, 4.69) is 187 Å². The molecular weight excluding hydrogens is 528 g/mol. The molecule has 0 nitrogen and oxygen atoms in total. The zero-order valence-corrected chi connectivity index (χ0v) is 26.9. The quantitative estimate of drug-likeness (QED) is 0.193. The smallest absolute Gasteiger partial charge is 0.00143 e. The molecule has 0 spiro atoms. The molecule has 0 fully saturated rings. The van der Waals surface area contributed by atoms with Gasteiger partial charge in [-0.1, -0.05) is 181 Å². The lowest BCUT2D eigenvalue weighted by Crippen LogP contribution is -2.10. The highest BCUT2D eigenvalue weighted by atomic mass is 14.3. The second-order valence-corrected chi connectivity index (χ2v) is 13.8. The zero-order chi connectivity index (χ0) is 30.9. The third-order valence-electron chi connectivity index (χ3n) is 8.64. The van der Waals surface area contributed by atoms with E-state index in [0.29, 0.717) is 0 Å². The maximum atomic E-state index is 2.43. The van der Waals surface area contributed by atoms with Crippen LogP contribution in [0.15, 0.2) is 146 Å². The van der Waals surface area contributed by atoms with Gasteiger partial charge in [-0.15, -0.1) is 0 Å². The molecule has 0 aliphatic rings. The first-order chi connectivity index (χ1) is 21.1. The van der Waals surface area contributed by atoms with Gasteiger partial charge in [-0.2, -0.15) is 0 Å². The van der Waals surface area contributed by atoms with Crippen molar-refractivity contribution in [1.29, 1.82) is 0 Å². The van der Waals surface area contributed by atoms with E-state index in [0.717, 1.165) is 0 Å². The predicted molar refractivity (Wildman–Crippen MR) is 191 cm³/mol. The number of rotatable bonds is 5. The molecule has 0 heterocycles. The average molecular weight is 571 g/mol. The zero-order valence-electron chi connectivity index (χ0n) is 26.9. The van der Waals surface area contributed by atoms with E-state index in [9.17, 15) is 0 Å². The Morgan fingerprint density at radius 1 is 0.295 bits per heavy atom. The van der Waals surface area contributed by atoms with Crippen molar-refractivity contribution in [1.82, 2.24) is 0 Å². The van der Waals surface area contributed by atoms with Crippen LogP contribution in [-0.2, 0) is 10.8 Å². The summed E-state index contributed by atoms with van der Waals surface area (Å²) in [5, 5.41) is 0. The van der Waals surface area contributed by atoms with E-state index in [-0.39, 0.29) is 10.8 Å². The molecular formula is C44H42. The van der Waals surface area contributed by atoms with Crippen LogP contribution in [0.2, 0.25) is 0 Å². The Bertz CT molecular complexity index is 1850. The minimum absolute atomic E-state index is 0.0846. The Balaban J connectivity index is 1.77. The Morgan fingerprint density at radius 3 is 0.977 bits per heavy atom. The van der Waals surface area contributed by atoms with Crippen LogP contribution in [0.5, 0.6) is 0 Å². The lowest BCUT2D eigenvalue weighted by atomic mass is 9.78.